The summed E-state index contributed by atoms with van der Waals surface area (Å²) < 4.78 is 24.4. The molecule has 1 aliphatic rings. The highest BCUT2D eigenvalue weighted by Crippen LogP contribution is 2.41. The van der Waals surface area contributed by atoms with Crippen molar-refractivity contribution in [1.82, 2.24) is 4.57 Å². The van der Waals surface area contributed by atoms with Gasteiger partial charge in [-0.3, -0.25) is 10.1 Å². The van der Waals surface area contributed by atoms with Crippen molar-refractivity contribution in [3.05, 3.63) is 56.7 Å². The first-order valence-electron chi connectivity index (χ1n) is 10.4. The highest BCUT2D eigenvalue weighted by Gasteiger charge is 2.22. The van der Waals surface area contributed by atoms with Gasteiger partial charge in [-0.05, 0) is 31.0 Å². The molecule has 174 valence electrons. The number of nitro groups is 1. The largest absolute Gasteiger partial charge is 0.493 e. The normalized spacial score (nSPS) is 16.1. The van der Waals surface area contributed by atoms with Crippen molar-refractivity contribution in [2.75, 3.05) is 27.9 Å². The maximum absolute atomic E-state index is 11.5. The number of para-hydroxylation sites is 2. The molecule has 0 bridgehead atoms. The number of benzene rings is 2. The van der Waals surface area contributed by atoms with E-state index in [1.165, 1.54) is 17.4 Å². The molecule has 0 radical (unpaired) electrons. The number of thiazole rings is 1. The summed E-state index contributed by atoms with van der Waals surface area (Å²) >= 11 is 1.41. The molecule has 0 spiro atoms. The van der Waals surface area contributed by atoms with Crippen molar-refractivity contribution < 1.29 is 23.9 Å². The number of nitro benzene ring substituents is 1. The monoisotopic (exact) mass is 471 g/mol. The minimum Gasteiger partial charge on any atom is -0.493 e. The zero-order valence-corrected chi connectivity index (χ0v) is 19.5. The van der Waals surface area contributed by atoms with Crippen LogP contribution in [0.2, 0.25) is 0 Å². The van der Waals surface area contributed by atoms with E-state index in [9.17, 15) is 10.1 Å². The zero-order chi connectivity index (χ0) is 23.4. The predicted molar refractivity (Wildman–Crippen MR) is 125 cm³/mol. The fraction of sp³-hybridized carbons (Fsp3) is 0.348. The van der Waals surface area contributed by atoms with Gasteiger partial charge in [0.25, 0.3) is 5.69 Å². The van der Waals surface area contributed by atoms with Crippen molar-refractivity contribution >= 4 is 22.7 Å². The fourth-order valence-electron chi connectivity index (χ4n) is 3.86. The molecule has 0 N–H and O–H groups in total. The third-order valence-corrected chi connectivity index (χ3v) is 6.33. The summed E-state index contributed by atoms with van der Waals surface area (Å²) in [6.45, 7) is 1.31. The van der Waals surface area contributed by atoms with Gasteiger partial charge in [0.1, 0.15) is 5.69 Å². The summed E-state index contributed by atoms with van der Waals surface area (Å²) in [5.74, 6) is 1.59. The molecule has 1 aromatic heterocycles. The van der Waals surface area contributed by atoms with Crippen LogP contribution in [-0.4, -0.2) is 43.5 Å². The Morgan fingerprint density at radius 3 is 2.52 bits per heavy atom. The van der Waals surface area contributed by atoms with Crippen molar-refractivity contribution in [3.63, 3.8) is 0 Å². The molecular formula is C23H25N3O6S. The Balaban J connectivity index is 1.89. The average molecular weight is 472 g/mol. The second-order valence-electron chi connectivity index (χ2n) is 7.42. The van der Waals surface area contributed by atoms with Crippen molar-refractivity contribution in [3.8, 4) is 28.5 Å². The number of nitrogens with zero attached hydrogens (tertiary/aromatic N) is 3. The lowest BCUT2D eigenvalue weighted by atomic mass is 10.1. The zero-order valence-electron chi connectivity index (χ0n) is 18.6. The van der Waals surface area contributed by atoms with Crippen LogP contribution < -0.4 is 19.0 Å². The van der Waals surface area contributed by atoms with Crippen LogP contribution in [-0.2, 0) is 11.3 Å². The third-order valence-electron chi connectivity index (χ3n) is 5.46. The third kappa shape index (κ3) is 4.71. The van der Waals surface area contributed by atoms with Crippen molar-refractivity contribution in [2.24, 2.45) is 4.99 Å². The average Bonchev–Trinajstić information content (AvgIpc) is 3.49. The molecule has 1 atom stereocenters. The van der Waals surface area contributed by atoms with E-state index in [2.05, 4.69) is 4.99 Å². The van der Waals surface area contributed by atoms with E-state index in [0.717, 1.165) is 30.7 Å². The van der Waals surface area contributed by atoms with Gasteiger partial charge in [0.2, 0.25) is 5.75 Å². The Hall–Kier alpha value is -3.37. The van der Waals surface area contributed by atoms with Crippen molar-refractivity contribution in [1.29, 1.82) is 0 Å². The Bertz CT molecular complexity index is 1190. The molecule has 1 fully saturated rings. The summed E-state index contributed by atoms with van der Waals surface area (Å²) in [7, 11) is 4.71. The van der Waals surface area contributed by atoms with E-state index in [4.69, 9.17) is 18.9 Å². The summed E-state index contributed by atoms with van der Waals surface area (Å²) in [4.78, 5) is 16.4. The highest BCUT2D eigenvalue weighted by molar-refractivity contribution is 7.07. The van der Waals surface area contributed by atoms with E-state index >= 15 is 0 Å². The molecule has 33 heavy (non-hydrogen) atoms. The molecule has 0 amide bonds. The second kappa shape index (κ2) is 10.1. The molecule has 4 rings (SSSR count). The molecule has 1 unspecified atom stereocenters. The Morgan fingerprint density at radius 2 is 1.91 bits per heavy atom. The topological polar surface area (TPSA) is 97.4 Å². The molecule has 10 heteroatoms. The van der Waals surface area contributed by atoms with Gasteiger partial charge >= 0.3 is 0 Å². The lowest BCUT2D eigenvalue weighted by Gasteiger charge is -2.17. The van der Waals surface area contributed by atoms with Gasteiger partial charge in [-0.1, -0.05) is 12.1 Å². The molecule has 2 heterocycles. The minimum absolute atomic E-state index is 0.0381. The maximum Gasteiger partial charge on any atom is 0.294 e. The number of ether oxygens (including phenoxy) is 4. The lowest BCUT2D eigenvalue weighted by Crippen LogP contribution is -2.24. The van der Waals surface area contributed by atoms with Crippen LogP contribution in [0.4, 0.5) is 11.4 Å². The van der Waals surface area contributed by atoms with Gasteiger partial charge in [-0.2, -0.15) is 0 Å². The van der Waals surface area contributed by atoms with E-state index in [1.54, 1.807) is 39.5 Å². The first-order valence-corrected chi connectivity index (χ1v) is 11.3. The molecule has 1 saturated heterocycles. The Labute approximate surface area is 195 Å². The molecule has 2 aromatic carbocycles. The van der Waals surface area contributed by atoms with Crippen LogP contribution in [0.15, 0.2) is 46.8 Å². The second-order valence-corrected chi connectivity index (χ2v) is 8.26. The molecular weight excluding hydrogens is 446 g/mol. The van der Waals surface area contributed by atoms with E-state index in [-0.39, 0.29) is 11.8 Å². The Morgan fingerprint density at radius 1 is 1.18 bits per heavy atom. The van der Waals surface area contributed by atoms with E-state index in [1.807, 2.05) is 22.1 Å². The van der Waals surface area contributed by atoms with Gasteiger partial charge in [-0.15, -0.1) is 11.3 Å². The number of hydrogen-bond donors (Lipinski definition) is 0. The van der Waals surface area contributed by atoms with Gasteiger partial charge in [0.05, 0.1) is 44.6 Å². The summed E-state index contributed by atoms with van der Waals surface area (Å²) in [6, 6.07) is 10.2. The van der Waals surface area contributed by atoms with Gasteiger partial charge < -0.3 is 23.5 Å². The first kappa shape index (κ1) is 22.8. The lowest BCUT2D eigenvalue weighted by molar-refractivity contribution is -0.384. The smallest absolute Gasteiger partial charge is 0.294 e. The highest BCUT2D eigenvalue weighted by atomic mass is 32.1. The Kier molecular flexibility index (Phi) is 6.95. The molecule has 0 saturated carbocycles. The minimum atomic E-state index is -0.420. The van der Waals surface area contributed by atoms with Crippen molar-refractivity contribution in [2.45, 2.75) is 25.5 Å². The standard InChI is InChI=1S/C23H25N3O6S/c1-29-20-11-15(12-21(30-2)22(20)31-3)19-14-33-23(25(19)13-16-7-6-10-32-16)24-17-8-4-5-9-18(17)26(27)28/h4-5,8-9,11-12,14,16H,6-7,10,13H2,1-3H3. The van der Waals surface area contributed by atoms with Crippen LogP contribution in [0.25, 0.3) is 11.3 Å². The summed E-state index contributed by atoms with van der Waals surface area (Å²) in [6.07, 6.45) is 2.00. The molecule has 3 aromatic rings. The quantitative estimate of drug-likeness (QED) is 0.353. The molecule has 1 aliphatic heterocycles. The summed E-state index contributed by atoms with van der Waals surface area (Å²) in [5.41, 5.74) is 2.00. The fourth-order valence-corrected chi connectivity index (χ4v) is 4.79. The maximum atomic E-state index is 11.5. The molecule has 0 aliphatic carbocycles. The van der Waals surface area contributed by atoms with E-state index in [0.29, 0.717) is 34.3 Å². The van der Waals surface area contributed by atoms with Crippen LogP contribution in [0.3, 0.4) is 0 Å². The van der Waals surface area contributed by atoms with E-state index < -0.39 is 4.92 Å². The SMILES string of the molecule is COc1cc(-c2csc(=Nc3ccccc3[N+](=O)[O-])n2CC2CCCO2)cc(OC)c1OC. The summed E-state index contributed by atoms with van der Waals surface area (Å²) in [5, 5.41) is 13.5. The van der Waals surface area contributed by atoms with Crippen LogP contribution in [0.5, 0.6) is 17.2 Å². The number of hydrogen-bond acceptors (Lipinski definition) is 8. The first-order chi connectivity index (χ1) is 16.0. The van der Waals surface area contributed by atoms with Gasteiger partial charge in [0.15, 0.2) is 16.3 Å². The van der Waals surface area contributed by atoms with Crippen LogP contribution >= 0.6 is 11.3 Å². The van der Waals surface area contributed by atoms with Crippen LogP contribution in [0.1, 0.15) is 12.8 Å². The number of aromatic nitrogens is 1. The van der Waals surface area contributed by atoms with Gasteiger partial charge in [0, 0.05) is 23.6 Å². The number of methoxy groups -OCH3 is 3. The number of rotatable bonds is 8. The van der Waals surface area contributed by atoms with Gasteiger partial charge in [-0.25, -0.2) is 4.99 Å². The van der Waals surface area contributed by atoms with Crippen LogP contribution in [0, 0.1) is 10.1 Å². The predicted octanol–water partition coefficient (Wildman–Crippen LogP) is 4.56. The molecule has 9 nitrogen and oxygen atoms in total.